The third-order valence-corrected chi connectivity index (χ3v) is 1.63. The summed E-state index contributed by atoms with van der Waals surface area (Å²) in [6, 6.07) is 3.78. The number of para-hydroxylation sites is 1. The van der Waals surface area contributed by atoms with E-state index in [0.717, 1.165) is 6.07 Å². The van der Waals surface area contributed by atoms with E-state index in [-0.39, 0.29) is 5.02 Å². The molecule has 14 heavy (non-hydrogen) atoms. The van der Waals surface area contributed by atoms with Gasteiger partial charge in [0.25, 0.3) is 0 Å². The summed E-state index contributed by atoms with van der Waals surface area (Å²) in [5, 5.41) is 18.6. The molecular weight excluding hydrogens is 214 g/mol. The van der Waals surface area contributed by atoms with Gasteiger partial charge in [0.15, 0.2) is 0 Å². The molecule has 0 radical (unpaired) electrons. The molecule has 0 fully saturated rings. The number of nitrogens with zero attached hydrogens (tertiary/aromatic N) is 1. The molecule has 7 heteroatoms. The number of hydrogen-bond donors (Lipinski definition) is 1. The van der Waals surface area contributed by atoms with Gasteiger partial charge in [-0.15, -0.1) is 0 Å². The van der Waals surface area contributed by atoms with Gasteiger partial charge >= 0.3 is 11.8 Å². The van der Waals surface area contributed by atoms with Crippen LogP contribution in [0.15, 0.2) is 18.2 Å². The van der Waals surface area contributed by atoms with Crippen molar-refractivity contribution >= 4 is 23.4 Å². The van der Waals surface area contributed by atoms with Crippen LogP contribution in [-0.2, 0) is 0 Å². The second-order valence-corrected chi connectivity index (χ2v) is 2.62. The number of carboxylic acid groups (broad SMARTS) is 1. The van der Waals surface area contributed by atoms with Crippen molar-refractivity contribution in [1.29, 1.82) is 0 Å². The smallest absolute Gasteiger partial charge is 0.449 e. The highest BCUT2D eigenvalue weighted by molar-refractivity contribution is 6.33. The van der Waals surface area contributed by atoms with Crippen LogP contribution in [0.4, 0.5) is 10.5 Å². The number of hydrogen-bond acceptors (Lipinski definition) is 4. The fourth-order valence-corrected chi connectivity index (χ4v) is 1.08. The van der Waals surface area contributed by atoms with Crippen LogP contribution in [0.1, 0.15) is 0 Å². The van der Waals surface area contributed by atoms with Crippen molar-refractivity contribution < 1.29 is 19.6 Å². The number of nitro benzene ring substituents is 1. The molecule has 0 atom stereocenters. The molecule has 0 aliphatic heterocycles. The van der Waals surface area contributed by atoms with E-state index in [1.54, 1.807) is 0 Å². The molecule has 74 valence electrons. The number of rotatable bonds is 2. The fraction of sp³-hybridized carbons (Fsp3) is 0. The zero-order valence-electron chi connectivity index (χ0n) is 6.64. The lowest BCUT2D eigenvalue weighted by molar-refractivity contribution is -0.385. The molecule has 1 N–H and O–H groups in total. The van der Waals surface area contributed by atoms with Crippen LogP contribution in [0.2, 0.25) is 5.02 Å². The van der Waals surface area contributed by atoms with E-state index in [4.69, 9.17) is 16.7 Å². The molecule has 6 nitrogen and oxygen atoms in total. The molecule has 0 heterocycles. The molecule has 1 rings (SSSR count). The van der Waals surface area contributed by atoms with Crippen LogP contribution in [0.3, 0.4) is 0 Å². The van der Waals surface area contributed by atoms with E-state index in [9.17, 15) is 14.9 Å². The van der Waals surface area contributed by atoms with Crippen LogP contribution < -0.4 is 4.74 Å². The van der Waals surface area contributed by atoms with Crippen molar-refractivity contribution in [2.24, 2.45) is 0 Å². The van der Waals surface area contributed by atoms with Crippen molar-refractivity contribution in [3.8, 4) is 5.75 Å². The van der Waals surface area contributed by atoms with Gasteiger partial charge in [0.1, 0.15) is 5.02 Å². The standard InChI is InChI=1S/C7H4ClNO5/c8-4-2-1-3-5(14-7(10)11)6(4)9(12)13/h1-3H,(H,10,11). The molecular formula is C7H4ClNO5. The summed E-state index contributed by atoms with van der Waals surface area (Å²) in [5.41, 5.74) is -0.559. The first kappa shape index (κ1) is 10.3. The van der Waals surface area contributed by atoms with Gasteiger partial charge in [0.2, 0.25) is 5.75 Å². The Balaban J connectivity index is 3.21. The van der Waals surface area contributed by atoms with Gasteiger partial charge in [-0.05, 0) is 12.1 Å². The summed E-state index contributed by atoms with van der Waals surface area (Å²) < 4.78 is 4.18. The zero-order valence-corrected chi connectivity index (χ0v) is 7.39. The second-order valence-electron chi connectivity index (χ2n) is 2.21. The molecule has 0 amide bonds. The Morgan fingerprint density at radius 1 is 1.57 bits per heavy atom. The predicted octanol–water partition coefficient (Wildman–Crippen LogP) is 2.31. The molecule has 0 spiro atoms. The van der Waals surface area contributed by atoms with Gasteiger partial charge in [-0.1, -0.05) is 17.7 Å². The SMILES string of the molecule is O=C(O)Oc1cccc(Cl)c1[N+](=O)[O-]. The van der Waals surface area contributed by atoms with Crippen LogP contribution in [0, 0.1) is 10.1 Å². The topological polar surface area (TPSA) is 89.7 Å². The van der Waals surface area contributed by atoms with Gasteiger partial charge in [-0.3, -0.25) is 10.1 Å². The second kappa shape index (κ2) is 3.93. The molecule has 0 saturated carbocycles. The Hall–Kier alpha value is -1.82. The van der Waals surface area contributed by atoms with Crippen molar-refractivity contribution in [1.82, 2.24) is 0 Å². The van der Waals surface area contributed by atoms with Crippen LogP contribution in [-0.4, -0.2) is 16.2 Å². The van der Waals surface area contributed by atoms with Gasteiger partial charge in [0.05, 0.1) is 4.92 Å². The van der Waals surface area contributed by atoms with Crippen molar-refractivity contribution in [3.05, 3.63) is 33.3 Å². The molecule has 0 saturated heterocycles. The minimum absolute atomic E-state index is 0.172. The maximum absolute atomic E-state index is 10.5. The van der Waals surface area contributed by atoms with E-state index < -0.39 is 22.5 Å². The average Bonchev–Trinajstić information content (AvgIpc) is 2.01. The van der Waals surface area contributed by atoms with Crippen molar-refractivity contribution in [2.75, 3.05) is 0 Å². The van der Waals surface area contributed by atoms with E-state index in [2.05, 4.69) is 4.74 Å². The highest BCUT2D eigenvalue weighted by Crippen LogP contribution is 2.34. The normalized spacial score (nSPS) is 9.50. The molecule has 0 aliphatic carbocycles. The van der Waals surface area contributed by atoms with Crippen LogP contribution in [0.5, 0.6) is 5.75 Å². The summed E-state index contributed by atoms with van der Waals surface area (Å²) in [7, 11) is 0. The Morgan fingerprint density at radius 2 is 2.21 bits per heavy atom. The molecule has 1 aromatic carbocycles. The van der Waals surface area contributed by atoms with E-state index in [1.165, 1.54) is 12.1 Å². The predicted molar refractivity (Wildman–Crippen MR) is 46.8 cm³/mol. The molecule has 0 aromatic heterocycles. The molecule has 0 unspecified atom stereocenters. The minimum Gasteiger partial charge on any atom is -0.449 e. The van der Waals surface area contributed by atoms with E-state index >= 15 is 0 Å². The van der Waals surface area contributed by atoms with Gasteiger partial charge in [-0.2, -0.15) is 0 Å². The molecule has 0 aliphatic rings. The first-order valence-corrected chi connectivity index (χ1v) is 3.74. The first-order valence-electron chi connectivity index (χ1n) is 3.36. The Morgan fingerprint density at radius 3 is 2.71 bits per heavy atom. The van der Waals surface area contributed by atoms with Crippen molar-refractivity contribution in [3.63, 3.8) is 0 Å². The Kier molecular flexibility index (Phi) is 2.88. The number of carbonyl (C=O) groups is 1. The van der Waals surface area contributed by atoms with E-state index in [0.29, 0.717) is 0 Å². The number of ether oxygens (including phenoxy) is 1. The van der Waals surface area contributed by atoms with Gasteiger partial charge in [0, 0.05) is 0 Å². The summed E-state index contributed by atoms with van der Waals surface area (Å²) in [4.78, 5) is 19.8. The highest BCUT2D eigenvalue weighted by atomic mass is 35.5. The lowest BCUT2D eigenvalue weighted by atomic mass is 10.3. The lowest BCUT2D eigenvalue weighted by Gasteiger charge is -2.01. The largest absolute Gasteiger partial charge is 0.511 e. The fourth-order valence-electron chi connectivity index (χ4n) is 0.849. The summed E-state index contributed by atoms with van der Waals surface area (Å²) in [6.07, 6.45) is -1.63. The monoisotopic (exact) mass is 217 g/mol. The summed E-state index contributed by atoms with van der Waals surface area (Å²) >= 11 is 5.49. The molecule has 1 aromatic rings. The quantitative estimate of drug-likeness (QED) is 0.355. The third kappa shape index (κ3) is 2.11. The van der Waals surface area contributed by atoms with Gasteiger partial charge in [-0.25, -0.2) is 4.79 Å². The highest BCUT2D eigenvalue weighted by Gasteiger charge is 2.21. The van der Waals surface area contributed by atoms with E-state index in [1.807, 2.05) is 0 Å². The maximum Gasteiger partial charge on any atom is 0.511 e. The minimum atomic E-state index is -1.63. The van der Waals surface area contributed by atoms with Gasteiger partial charge < -0.3 is 9.84 Å². The summed E-state index contributed by atoms with van der Waals surface area (Å²) in [5.74, 6) is -0.394. The zero-order chi connectivity index (χ0) is 10.7. The Bertz CT molecular complexity index is 392. The third-order valence-electron chi connectivity index (χ3n) is 1.33. The lowest BCUT2D eigenvalue weighted by Crippen LogP contribution is -2.05. The number of benzene rings is 1. The maximum atomic E-state index is 10.5. The molecule has 0 bridgehead atoms. The average molecular weight is 218 g/mol. The number of halogens is 1. The van der Waals surface area contributed by atoms with Crippen LogP contribution >= 0.6 is 11.6 Å². The van der Waals surface area contributed by atoms with Crippen LogP contribution in [0.25, 0.3) is 0 Å². The summed E-state index contributed by atoms with van der Waals surface area (Å²) in [6.45, 7) is 0. The Labute approximate surface area is 82.8 Å². The number of nitro groups is 1. The first-order chi connectivity index (χ1) is 6.52. The van der Waals surface area contributed by atoms with Crippen molar-refractivity contribution in [2.45, 2.75) is 0 Å².